The van der Waals surface area contributed by atoms with Crippen LogP contribution >= 0.6 is 23.2 Å². The predicted molar refractivity (Wildman–Crippen MR) is 105 cm³/mol. The van der Waals surface area contributed by atoms with Gasteiger partial charge in [0.25, 0.3) is 0 Å². The number of hydrogen-bond donors (Lipinski definition) is 3. The number of aliphatic hydroxyl groups is 1. The number of aryl methyl sites for hydroxylation is 1. The number of rotatable bonds is 3. The molecule has 0 spiro atoms. The number of aromatic nitrogens is 1. The van der Waals surface area contributed by atoms with Crippen molar-refractivity contribution in [1.82, 2.24) is 9.88 Å². The molecule has 1 aliphatic heterocycles. The Morgan fingerprint density at radius 2 is 2.08 bits per heavy atom. The van der Waals surface area contributed by atoms with E-state index in [1.165, 1.54) is 0 Å². The van der Waals surface area contributed by atoms with Gasteiger partial charge in [0.2, 0.25) is 5.91 Å². The lowest BCUT2D eigenvalue weighted by molar-refractivity contribution is -0.121. The van der Waals surface area contributed by atoms with Crippen molar-refractivity contribution in [2.75, 3.05) is 25.0 Å². The van der Waals surface area contributed by atoms with Gasteiger partial charge in [-0.25, -0.2) is 0 Å². The summed E-state index contributed by atoms with van der Waals surface area (Å²) in [7, 11) is 1.95. The molecule has 1 aromatic carbocycles. The molecule has 0 aliphatic carbocycles. The fraction of sp³-hybridized carbons (Fsp3) is 0.500. The summed E-state index contributed by atoms with van der Waals surface area (Å²) in [5, 5.41) is 17.1. The van der Waals surface area contributed by atoms with Gasteiger partial charge in [0.05, 0.1) is 28.1 Å². The highest BCUT2D eigenvalue weighted by Gasteiger charge is 2.30. The number of halogens is 2. The molecule has 0 fully saturated rings. The molecule has 3 rings (SSSR count). The number of carbonyl (C=O) groups excluding carboxylic acids is 1. The molecule has 3 N–H and O–H groups in total. The maximum absolute atomic E-state index is 12.3. The number of benzene rings is 1. The number of hydrogen-bond acceptors (Lipinski definition) is 3. The second kappa shape index (κ2) is 8.30. The third kappa shape index (κ3) is 3.46. The highest BCUT2D eigenvalue weighted by molar-refractivity contribution is 6.45. The van der Waals surface area contributed by atoms with Gasteiger partial charge in [-0.3, -0.25) is 4.79 Å². The van der Waals surface area contributed by atoms with E-state index in [1.807, 2.05) is 32.4 Å². The monoisotopic (exact) mass is 385 g/mol. The Morgan fingerprint density at radius 1 is 1.40 bits per heavy atom. The van der Waals surface area contributed by atoms with E-state index in [1.54, 1.807) is 6.07 Å². The first-order chi connectivity index (χ1) is 12.0. The van der Waals surface area contributed by atoms with Crippen molar-refractivity contribution < 1.29 is 9.90 Å². The third-order valence-corrected chi connectivity index (χ3v) is 5.21. The van der Waals surface area contributed by atoms with Gasteiger partial charge in [-0.1, -0.05) is 37.0 Å². The largest absolute Gasteiger partial charge is 0.395 e. The van der Waals surface area contributed by atoms with Crippen LogP contribution < -0.4 is 10.6 Å². The van der Waals surface area contributed by atoms with Crippen LogP contribution in [0.4, 0.5) is 5.69 Å². The highest BCUT2D eigenvalue weighted by Crippen LogP contribution is 2.43. The molecule has 1 unspecified atom stereocenters. The summed E-state index contributed by atoms with van der Waals surface area (Å²) in [6.07, 6.45) is 0.740. The molecule has 0 saturated carbocycles. The Balaban J connectivity index is 0.00000109. The van der Waals surface area contributed by atoms with E-state index in [0.29, 0.717) is 23.1 Å². The molecule has 5 nitrogen and oxygen atoms in total. The average Bonchev–Trinajstić information content (AvgIpc) is 2.82. The maximum atomic E-state index is 12.3. The summed E-state index contributed by atoms with van der Waals surface area (Å²) < 4.78 is 2.03. The molecule has 1 amide bonds. The Bertz CT molecular complexity index is 787. The minimum absolute atomic E-state index is 0.00675. The maximum Gasteiger partial charge on any atom is 0.227 e. The summed E-state index contributed by atoms with van der Waals surface area (Å²) in [4.78, 5) is 12.3. The Labute approximate surface area is 158 Å². The van der Waals surface area contributed by atoms with Gasteiger partial charge in [-0.2, -0.15) is 0 Å². The molecular weight excluding hydrogens is 361 g/mol. The van der Waals surface area contributed by atoms with Crippen LogP contribution in [0.5, 0.6) is 0 Å². The van der Waals surface area contributed by atoms with Gasteiger partial charge in [0.1, 0.15) is 0 Å². The van der Waals surface area contributed by atoms with E-state index < -0.39 is 0 Å². The lowest BCUT2D eigenvalue weighted by Crippen LogP contribution is -2.27. The number of nitrogens with one attached hydrogen (secondary N) is 2. The molecule has 138 valence electrons. The number of aliphatic hydroxyl groups excluding tert-OH is 1. The number of amides is 1. The Morgan fingerprint density at radius 3 is 2.72 bits per heavy atom. The molecule has 0 bridgehead atoms. The van der Waals surface area contributed by atoms with Crippen LogP contribution in [-0.4, -0.2) is 35.3 Å². The standard InChI is InChI=1S/C16H19Cl2N3O2.C2H6/c1-8-12-11(3-4-20-16(8)23)21(2)15-13(12)10(19-5-6-22)7-9(17)14(15)18;1-2/h7-8,19,22H,3-6H2,1-2H3,(H,20,23);1-2H3. The second-order valence-electron chi connectivity index (χ2n) is 5.78. The van der Waals surface area contributed by atoms with Gasteiger partial charge in [0, 0.05) is 43.3 Å². The molecule has 7 heteroatoms. The van der Waals surface area contributed by atoms with Crippen molar-refractivity contribution in [3.05, 3.63) is 27.4 Å². The van der Waals surface area contributed by atoms with Gasteiger partial charge >= 0.3 is 0 Å². The van der Waals surface area contributed by atoms with E-state index in [9.17, 15) is 4.79 Å². The Hall–Kier alpha value is -1.43. The summed E-state index contributed by atoms with van der Waals surface area (Å²) in [6, 6.07) is 1.76. The van der Waals surface area contributed by atoms with E-state index in [2.05, 4.69) is 10.6 Å². The first-order valence-electron chi connectivity index (χ1n) is 8.59. The van der Waals surface area contributed by atoms with Crippen LogP contribution in [0.3, 0.4) is 0 Å². The molecule has 1 aromatic heterocycles. The normalized spacial score (nSPS) is 16.6. The van der Waals surface area contributed by atoms with E-state index in [4.69, 9.17) is 28.3 Å². The summed E-state index contributed by atoms with van der Waals surface area (Å²) in [5.74, 6) is -0.265. The van der Waals surface area contributed by atoms with Gasteiger partial charge in [-0.05, 0) is 18.6 Å². The van der Waals surface area contributed by atoms with Crippen molar-refractivity contribution in [2.24, 2.45) is 7.05 Å². The molecule has 0 saturated heterocycles. The van der Waals surface area contributed by atoms with Crippen LogP contribution in [0.15, 0.2) is 6.07 Å². The van der Waals surface area contributed by atoms with Gasteiger partial charge in [-0.15, -0.1) is 0 Å². The van der Waals surface area contributed by atoms with Crippen molar-refractivity contribution >= 4 is 45.7 Å². The average molecular weight is 386 g/mol. The summed E-state index contributed by atoms with van der Waals surface area (Å²) in [5.41, 5.74) is 3.69. The minimum atomic E-state index is -0.275. The van der Waals surface area contributed by atoms with Gasteiger partial charge in [0.15, 0.2) is 0 Å². The number of anilines is 1. The summed E-state index contributed by atoms with van der Waals surface area (Å²) in [6.45, 7) is 6.91. The quantitative estimate of drug-likeness (QED) is 0.754. The predicted octanol–water partition coefficient (Wildman–Crippen LogP) is 3.69. The lowest BCUT2D eigenvalue weighted by Gasteiger charge is -2.13. The topological polar surface area (TPSA) is 66.3 Å². The van der Waals surface area contributed by atoms with Crippen molar-refractivity contribution in [3.63, 3.8) is 0 Å². The molecule has 0 radical (unpaired) electrons. The number of carbonyl (C=O) groups is 1. The van der Waals surface area contributed by atoms with Crippen LogP contribution in [0, 0.1) is 0 Å². The number of nitrogens with zero attached hydrogens (tertiary/aromatic N) is 1. The van der Waals surface area contributed by atoms with E-state index in [0.717, 1.165) is 34.3 Å². The molecule has 2 aromatic rings. The first kappa shape index (κ1) is 19.9. The SMILES string of the molecule is CC.CC1C(=O)NCCc2c1c1c(NCCO)cc(Cl)c(Cl)c1n2C. The highest BCUT2D eigenvalue weighted by atomic mass is 35.5. The first-order valence-corrected chi connectivity index (χ1v) is 9.34. The number of fused-ring (bicyclic) bond motifs is 3. The van der Waals surface area contributed by atoms with Crippen molar-refractivity contribution in [3.8, 4) is 0 Å². The Kier molecular flexibility index (Phi) is 6.60. The van der Waals surface area contributed by atoms with Crippen molar-refractivity contribution in [1.29, 1.82) is 0 Å². The van der Waals surface area contributed by atoms with Crippen LogP contribution in [0.25, 0.3) is 10.9 Å². The molecule has 2 heterocycles. The fourth-order valence-electron chi connectivity index (χ4n) is 3.35. The minimum Gasteiger partial charge on any atom is -0.395 e. The van der Waals surface area contributed by atoms with Crippen LogP contribution in [0.2, 0.25) is 10.0 Å². The zero-order valence-corrected chi connectivity index (χ0v) is 16.6. The van der Waals surface area contributed by atoms with Crippen LogP contribution in [0.1, 0.15) is 37.9 Å². The van der Waals surface area contributed by atoms with E-state index >= 15 is 0 Å². The molecule has 1 aliphatic rings. The van der Waals surface area contributed by atoms with Crippen molar-refractivity contribution in [2.45, 2.75) is 33.1 Å². The van der Waals surface area contributed by atoms with Gasteiger partial charge < -0.3 is 20.3 Å². The fourth-order valence-corrected chi connectivity index (χ4v) is 3.82. The molecule has 25 heavy (non-hydrogen) atoms. The zero-order chi connectivity index (χ0) is 18.7. The second-order valence-corrected chi connectivity index (χ2v) is 6.56. The lowest BCUT2D eigenvalue weighted by atomic mass is 9.96. The smallest absolute Gasteiger partial charge is 0.227 e. The zero-order valence-electron chi connectivity index (χ0n) is 15.0. The van der Waals surface area contributed by atoms with E-state index in [-0.39, 0.29) is 18.4 Å². The molecule has 1 atom stereocenters. The third-order valence-electron chi connectivity index (χ3n) is 4.43. The summed E-state index contributed by atoms with van der Waals surface area (Å²) >= 11 is 12.7. The van der Waals surface area contributed by atoms with Crippen LogP contribution in [-0.2, 0) is 18.3 Å². The molecular formula is C18H25Cl2N3O2.